The molecule has 0 radical (unpaired) electrons. The monoisotopic (exact) mass is 436 g/mol. The van der Waals surface area contributed by atoms with Crippen LogP contribution in [-0.2, 0) is 9.84 Å². The molecule has 3 aromatic rings. The quantitative estimate of drug-likeness (QED) is 0.663. The Bertz CT molecular complexity index is 1030. The maximum absolute atomic E-state index is 12.3. The SMILES string of the molecule is CS(=O)(=O)c1ccc(C(=O)Nc2nc(-c3cccc(Br)c3)cs2)cc1. The van der Waals surface area contributed by atoms with E-state index >= 15 is 0 Å². The molecule has 0 unspecified atom stereocenters. The molecule has 2 aromatic carbocycles. The zero-order valence-corrected chi connectivity index (χ0v) is 16.3. The molecule has 8 heteroatoms. The number of carbonyl (C=O) groups excluding carboxylic acids is 1. The van der Waals surface area contributed by atoms with Gasteiger partial charge in [0, 0.05) is 27.2 Å². The van der Waals surface area contributed by atoms with Crippen LogP contribution in [0.2, 0.25) is 0 Å². The van der Waals surface area contributed by atoms with Crippen molar-refractivity contribution in [1.29, 1.82) is 0 Å². The minimum atomic E-state index is -3.28. The van der Waals surface area contributed by atoms with E-state index in [0.29, 0.717) is 10.7 Å². The molecule has 0 saturated carbocycles. The van der Waals surface area contributed by atoms with Crippen LogP contribution in [0.25, 0.3) is 11.3 Å². The predicted molar refractivity (Wildman–Crippen MR) is 103 cm³/mol. The summed E-state index contributed by atoms with van der Waals surface area (Å²) in [6, 6.07) is 13.5. The Balaban J connectivity index is 1.75. The van der Waals surface area contributed by atoms with E-state index in [1.54, 1.807) is 0 Å². The molecule has 0 aliphatic carbocycles. The van der Waals surface area contributed by atoms with Crippen molar-refractivity contribution in [3.05, 3.63) is 63.9 Å². The normalized spacial score (nSPS) is 11.3. The fraction of sp³-hybridized carbons (Fsp3) is 0.0588. The Morgan fingerprint density at radius 3 is 2.52 bits per heavy atom. The van der Waals surface area contributed by atoms with E-state index in [1.807, 2.05) is 29.6 Å². The largest absolute Gasteiger partial charge is 0.298 e. The number of amides is 1. The Hall–Kier alpha value is -2.03. The zero-order valence-electron chi connectivity index (χ0n) is 13.1. The van der Waals surface area contributed by atoms with Gasteiger partial charge < -0.3 is 0 Å². The lowest BCUT2D eigenvalue weighted by Crippen LogP contribution is -2.11. The van der Waals surface area contributed by atoms with Crippen molar-refractivity contribution in [3.8, 4) is 11.3 Å². The van der Waals surface area contributed by atoms with E-state index < -0.39 is 9.84 Å². The van der Waals surface area contributed by atoms with Gasteiger partial charge in [-0.3, -0.25) is 10.1 Å². The van der Waals surface area contributed by atoms with Crippen molar-refractivity contribution in [2.45, 2.75) is 4.90 Å². The van der Waals surface area contributed by atoms with Crippen molar-refractivity contribution < 1.29 is 13.2 Å². The summed E-state index contributed by atoms with van der Waals surface area (Å²) in [5, 5.41) is 5.07. The van der Waals surface area contributed by atoms with Crippen molar-refractivity contribution >= 4 is 48.1 Å². The first kappa shape index (κ1) is 17.8. The van der Waals surface area contributed by atoms with Gasteiger partial charge in [0.05, 0.1) is 10.6 Å². The highest BCUT2D eigenvalue weighted by Crippen LogP contribution is 2.27. The Kier molecular flexibility index (Phi) is 5.03. The molecule has 25 heavy (non-hydrogen) atoms. The van der Waals surface area contributed by atoms with Gasteiger partial charge >= 0.3 is 0 Å². The molecule has 1 N–H and O–H groups in total. The summed E-state index contributed by atoms with van der Waals surface area (Å²) >= 11 is 4.75. The lowest BCUT2D eigenvalue weighted by atomic mass is 10.2. The van der Waals surface area contributed by atoms with Crippen LogP contribution in [0.1, 0.15) is 10.4 Å². The van der Waals surface area contributed by atoms with E-state index in [9.17, 15) is 13.2 Å². The molecule has 3 rings (SSSR count). The number of aromatic nitrogens is 1. The van der Waals surface area contributed by atoms with Gasteiger partial charge in [-0.25, -0.2) is 13.4 Å². The number of nitrogens with one attached hydrogen (secondary N) is 1. The number of nitrogens with zero attached hydrogens (tertiary/aromatic N) is 1. The zero-order chi connectivity index (χ0) is 18.0. The molecule has 0 atom stereocenters. The first-order chi connectivity index (χ1) is 11.8. The summed E-state index contributed by atoms with van der Waals surface area (Å²) in [6.45, 7) is 0. The summed E-state index contributed by atoms with van der Waals surface area (Å²) in [5.74, 6) is -0.338. The van der Waals surface area contributed by atoms with Crippen LogP contribution in [0.4, 0.5) is 5.13 Å². The van der Waals surface area contributed by atoms with Gasteiger partial charge in [-0.05, 0) is 36.4 Å². The topological polar surface area (TPSA) is 76.1 Å². The Morgan fingerprint density at radius 1 is 1.16 bits per heavy atom. The summed E-state index contributed by atoms with van der Waals surface area (Å²) in [4.78, 5) is 16.9. The van der Waals surface area contributed by atoms with Crippen LogP contribution in [0.5, 0.6) is 0 Å². The van der Waals surface area contributed by atoms with Gasteiger partial charge in [0.15, 0.2) is 15.0 Å². The maximum Gasteiger partial charge on any atom is 0.257 e. The highest BCUT2D eigenvalue weighted by Gasteiger charge is 2.12. The molecule has 1 aromatic heterocycles. The number of thiazole rings is 1. The first-order valence-electron chi connectivity index (χ1n) is 7.16. The van der Waals surface area contributed by atoms with Gasteiger partial charge in [0.1, 0.15) is 0 Å². The van der Waals surface area contributed by atoms with E-state index in [2.05, 4.69) is 26.2 Å². The molecular formula is C17H13BrN2O3S2. The lowest BCUT2D eigenvalue weighted by molar-refractivity contribution is 0.102. The third kappa shape index (κ3) is 4.33. The average molecular weight is 437 g/mol. The van der Waals surface area contributed by atoms with Crippen molar-refractivity contribution in [2.24, 2.45) is 0 Å². The lowest BCUT2D eigenvalue weighted by Gasteiger charge is -2.03. The molecule has 0 aliphatic rings. The summed E-state index contributed by atoms with van der Waals surface area (Å²) in [6.07, 6.45) is 1.13. The number of hydrogen-bond acceptors (Lipinski definition) is 5. The number of rotatable bonds is 4. The molecule has 128 valence electrons. The molecule has 1 heterocycles. The molecule has 1 amide bonds. The summed E-state index contributed by atoms with van der Waals surface area (Å²) in [5.41, 5.74) is 2.09. The van der Waals surface area contributed by atoms with Gasteiger partial charge in [0.2, 0.25) is 0 Å². The maximum atomic E-state index is 12.3. The number of hydrogen-bond donors (Lipinski definition) is 1. The third-order valence-corrected chi connectivity index (χ3v) is 5.77. The van der Waals surface area contributed by atoms with Gasteiger partial charge in [-0.1, -0.05) is 28.1 Å². The fourth-order valence-corrected chi connectivity index (χ4v) is 3.88. The number of sulfone groups is 1. The minimum Gasteiger partial charge on any atom is -0.298 e. The Labute approximate surface area is 157 Å². The predicted octanol–water partition coefficient (Wildman–Crippen LogP) is 4.23. The second-order valence-corrected chi connectivity index (χ2v) is 9.09. The molecular weight excluding hydrogens is 424 g/mol. The van der Waals surface area contributed by atoms with Gasteiger partial charge in [-0.15, -0.1) is 11.3 Å². The number of anilines is 1. The number of halogens is 1. The molecule has 0 aliphatic heterocycles. The first-order valence-corrected chi connectivity index (χ1v) is 10.7. The second kappa shape index (κ2) is 7.07. The van der Waals surface area contributed by atoms with E-state index in [-0.39, 0.29) is 10.8 Å². The van der Waals surface area contributed by atoms with Crippen LogP contribution >= 0.6 is 27.3 Å². The summed E-state index contributed by atoms with van der Waals surface area (Å²) < 4.78 is 23.9. The second-order valence-electron chi connectivity index (χ2n) is 5.30. The molecule has 5 nitrogen and oxygen atoms in total. The van der Waals surface area contributed by atoms with Crippen LogP contribution in [0.15, 0.2) is 63.3 Å². The highest BCUT2D eigenvalue weighted by molar-refractivity contribution is 9.10. The minimum absolute atomic E-state index is 0.176. The molecule has 0 bridgehead atoms. The third-order valence-electron chi connectivity index (χ3n) is 3.39. The van der Waals surface area contributed by atoms with Crippen molar-refractivity contribution in [2.75, 3.05) is 11.6 Å². The van der Waals surface area contributed by atoms with Gasteiger partial charge in [-0.2, -0.15) is 0 Å². The number of benzene rings is 2. The van der Waals surface area contributed by atoms with Crippen LogP contribution < -0.4 is 5.32 Å². The smallest absolute Gasteiger partial charge is 0.257 e. The van der Waals surface area contributed by atoms with E-state index in [1.165, 1.54) is 35.6 Å². The summed E-state index contributed by atoms with van der Waals surface area (Å²) in [7, 11) is -3.28. The molecule has 0 spiro atoms. The number of carbonyl (C=O) groups is 1. The van der Waals surface area contributed by atoms with E-state index in [0.717, 1.165) is 22.0 Å². The standard InChI is InChI=1S/C17H13BrN2O3S2/c1-25(22,23)14-7-5-11(6-8-14)16(21)20-17-19-15(10-24-17)12-3-2-4-13(18)9-12/h2-10H,1H3,(H,19,20,21). The van der Waals surface area contributed by atoms with Crippen LogP contribution in [-0.4, -0.2) is 25.6 Å². The highest BCUT2D eigenvalue weighted by atomic mass is 79.9. The van der Waals surface area contributed by atoms with E-state index in [4.69, 9.17) is 0 Å². The van der Waals surface area contributed by atoms with Crippen LogP contribution in [0, 0.1) is 0 Å². The van der Waals surface area contributed by atoms with Crippen molar-refractivity contribution in [1.82, 2.24) is 4.98 Å². The fourth-order valence-electron chi connectivity index (χ4n) is 2.13. The molecule has 0 saturated heterocycles. The average Bonchev–Trinajstić information content (AvgIpc) is 3.03. The van der Waals surface area contributed by atoms with Gasteiger partial charge in [0.25, 0.3) is 5.91 Å². The van der Waals surface area contributed by atoms with Crippen molar-refractivity contribution in [3.63, 3.8) is 0 Å². The molecule has 0 fully saturated rings. The van der Waals surface area contributed by atoms with Crippen LogP contribution in [0.3, 0.4) is 0 Å². The Morgan fingerprint density at radius 2 is 1.88 bits per heavy atom.